The maximum atomic E-state index is 12.3. The number of hydrogen-bond acceptors (Lipinski definition) is 6. The van der Waals surface area contributed by atoms with E-state index in [0.717, 1.165) is 0 Å². The second-order valence-electron chi connectivity index (χ2n) is 5.96. The number of fused-ring (bicyclic) bond motifs is 1. The summed E-state index contributed by atoms with van der Waals surface area (Å²) in [5, 5.41) is 3.95. The molecule has 1 fully saturated rings. The van der Waals surface area contributed by atoms with Crippen LogP contribution in [-0.4, -0.2) is 29.1 Å². The minimum absolute atomic E-state index is 0.195. The number of aromatic amines is 1. The van der Waals surface area contributed by atoms with Crippen LogP contribution in [0.3, 0.4) is 0 Å². The first-order valence-electron chi connectivity index (χ1n) is 7.94. The van der Waals surface area contributed by atoms with Gasteiger partial charge in [0.1, 0.15) is 15.5 Å². The van der Waals surface area contributed by atoms with Gasteiger partial charge < -0.3 is 15.0 Å². The summed E-state index contributed by atoms with van der Waals surface area (Å²) in [6.07, 6.45) is 6.18. The van der Waals surface area contributed by atoms with E-state index in [4.69, 9.17) is 4.74 Å². The van der Waals surface area contributed by atoms with E-state index in [1.54, 1.807) is 6.92 Å². The van der Waals surface area contributed by atoms with Crippen LogP contribution in [-0.2, 0) is 11.3 Å². The van der Waals surface area contributed by atoms with E-state index in [2.05, 4.69) is 15.3 Å². The molecule has 0 amide bonds. The highest BCUT2D eigenvalue weighted by Gasteiger charge is 2.20. The Bertz CT molecular complexity index is 775. The van der Waals surface area contributed by atoms with Gasteiger partial charge in [-0.05, 0) is 25.3 Å². The molecular weight excluding hydrogens is 314 g/mol. The molecule has 1 aliphatic carbocycles. The lowest BCUT2D eigenvalue weighted by molar-refractivity contribution is 0.0605. The molecule has 6 nitrogen and oxygen atoms in total. The standard InChI is InChI=1S/C16H21N3O3S/c1-9-12-14(20)18-11(8-17-10-6-4-3-5-7-10)19-15(12)23-13(9)16(21)22-2/h10,17H,3-8H2,1-2H3,(H,18,19,20). The summed E-state index contributed by atoms with van der Waals surface area (Å²) < 4.78 is 4.76. The fourth-order valence-corrected chi connectivity index (χ4v) is 4.23. The summed E-state index contributed by atoms with van der Waals surface area (Å²) in [6.45, 7) is 2.29. The fourth-order valence-electron chi connectivity index (χ4n) is 3.11. The molecule has 0 aliphatic heterocycles. The molecule has 0 saturated heterocycles. The van der Waals surface area contributed by atoms with E-state index in [1.165, 1.54) is 50.6 Å². The van der Waals surface area contributed by atoms with Gasteiger partial charge in [0.05, 0.1) is 19.0 Å². The molecule has 124 valence electrons. The lowest BCUT2D eigenvalue weighted by Crippen LogP contribution is -2.31. The Morgan fingerprint density at radius 1 is 1.39 bits per heavy atom. The Hall–Kier alpha value is -1.73. The van der Waals surface area contributed by atoms with Gasteiger partial charge in [-0.3, -0.25) is 4.79 Å². The molecule has 2 aromatic rings. The summed E-state index contributed by atoms with van der Waals surface area (Å²) in [7, 11) is 1.34. The number of esters is 1. The lowest BCUT2D eigenvalue weighted by atomic mass is 9.95. The monoisotopic (exact) mass is 335 g/mol. The summed E-state index contributed by atoms with van der Waals surface area (Å²) in [6, 6.07) is 0.500. The molecule has 0 radical (unpaired) electrons. The molecule has 23 heavy (non-hydrogen) atoms. The summed E-state index contributed by atoms with van der Waals surface area (Å²) in [5.74, 6) is 0.192. The Kier molecular flexibility index (Phi) is 4.77. The molecule has 0 spiro atoms. The van der Waals surface area contributed by atoms with Crippen molar-refractivity contribution in [2.45, 2.75) is 51.6 Å². The Morgan fingerprint density at radius 3 is 2.83 bits per heavy atom. The van der Waals surface area contributed by atoms with E-state index >= 15 is 0 Å². The van der Waals surface area contributed by atoms with Crippen LogP contribution in [0.4, 0.5) is 0 Å². The van der Waals surface area contributed by atoms with Crippen molar-refractivity contribution in [3.05, 3.63) is 26.6 Å². The number of carbonyl (C=O) groups excluding carboxylic acids is 1. The van der Waals surface area contributed by atoms with Crippen LogP contribution in [0.5, 0.6) is 0 Å². The van der Waals surface area contributed by atoms with E-state index in [-0.39, 0.29) is 5.56 Å². The minimum atomic E-state index is -0.424. The van der Waals surface area contributed by atoms with Crippen LogP contribution in [0.2, 0.25) is 0 Å². The highest BCUT2D eigenvalue weighted by atomic mass is 32.1. The van der Waals surface area contributed by atoms with Crippen molar-refractivity contribution in [3.63, 3.8) is 0 Å². The number of rotatable bonds is 4. The van der Waals surface area contributed by atoms with Crippen molar-refractivity contribution < 1.29 is 9.53 Å². The van der Waals surface area contributed by atoms with Crippen LogP contribution in [0, 0.1) is 6.92 Å². The Morgan fingerprint density at radius 2 is 2.13 bits per heavy atom. The Balaban J connectivity index is 1.85. The molecule has 2 aromatic heterocycles. The van der Waals surface area contributed by atoms with Crippen LogP contribution in [0.1, 0.15) is 53.2 Å². The number of aryl methyl sites for hydroxylation is 1. The summed E-state index contributed by atoms with van der Waals surface area (Å²) in [4.78, 5) is 32.5. The topological polar surface area (TPSA) is 84.1 Å². The first-order valence-corrected chi connectivity index (χ1v) is 8.75. The van der Waals surface area contributed by atoms with Crippen molar-refractivity contribution in [1.29, 1.82) is 0 Å². The van der Waals surface area contributed by atoms with Gasteiger partial charge in [0.2, 0.25) is 0 Å². The second-order valence-corrected chi connectivity index (χ2v) is 6.96. The summed E-state index contributed by atoms with van der Waals surface area (Å²) >= 11 is 1.21. The molecule has 0 atom stereocenters. The van der Waals surface area contributed by atoms with E-state index in [1.807, 2.05) is 0 Å². The average Bonchev–Trinajstić information content (AvgIpc) is 2.90. The lowest BCUT2D eigenvalue weighted by Gasteiger charge is -2.22. The smallest absolute Gasteiger partial charge is 0.348 e. The molecule has 1 aliphatic rings. The van der Waals surface area contributed by atoms with Gasteiger partial charge in [-0.15, -0.1) is 11.3 Å². The number of nitrogens with zero attached hydrogens (tertiary/aromatic N) is 1. The van der Waals surface area contributed by atoms with Crippen molar-refractivity contribution in [2.24, 2.45) is 0 Å². The van der Waals surface area contributed by atoms with Gasteiger partial charge in [0, 0.05) is 6.04 Å². The van der Waals surface area contributed by atoms with E-state index in [0.29, 0.717) is 39.1 Å². The third-order valence-corrected chi connectivity index (χ3v) is 5.55. The number of methoxy groups -OCH3 is 1. The van der Waals surface area contributed by atoms with Gasteiger partial charge in [0.25, 0.3) is 5.56 Å². The van der Waals surface area contributed by atoms with Gasteiger partial charge >= 0.3 is 5.97 Å². The zero-order chi connectivity index (χ0) is 16.4. The van der Waals surface area contributed by atoms with Gasteiger partial charge in [-0.25, -0.2) is 9.78 Å². The molecule has 2 heterocycles. The molecule has 3 rings (SSSR count). The number of hydrogen-bond donors (Lipinski definition) is 2. The van der Waals surface area contributed by atoms with Crippen molar-refractivity contribution in [2.75, 3.05) is 7.11 Å². The molecular formula is C16H21N3O3S. The zero-order valence-corrected chi connectivity index (χ0v) is 14.2. The number of nitrogens with one attached hydrogen (secondary N) is 2. The predicted octanol–water partition coefficient (Wildman–Crippen LogP) is 2.50. The van der Waals surface area contributed by atoms with Gasteiger partial charge in [-0.2, -0.15) is 0 Å². The molecule has 0 unspecified atom stereocenters. The van der Waals surface area contributed by atoms with E-state index < -0.39 is 5.97 Å². The maximum absolute atomic E-state index is 12.3. The Labute approximate surface area is 138 Å². The molecule has 0 bridgehead atoms. The summed E-state index contributed by atoms with van der Waals surface area (Å²) in [5.41, 5.74) is 0.441. The average molecular weight is 335 g/mol. The van der Waals surface area contributed by atoms with Gasteiger partial charge in [0.15, 0.2) is 0 Å². The minimum Gasteiger partial charge on any atom is -0.465 e. The van der Waals surface area contributed by atoms with E-state index in [9.17, 15) is 9.59 Å². The number of carbonyl (C=O) groups is 1. The SMILES string of the molecule is COC(=O)c1sc2nc(CNC3CCCCC3)[nH]c(=O)c2c1C. The van der Waals surface area contributed by atoms with Gasteiger partial charge in [-0.1, -0.05) is 19.3 Å². The largest absolute Gasteiger partial charge is 0.465 e. The first-order chi connectivity index (χ1) is 11.1. The molecule has 2 N–H and O–H groups in total. The third-order valence-electron chi connectivity index (χ3n) is 4.38. The number of ether oxygens (including phenoxy) is 1. The van der Waals surface area contributed by atoms with Crippen LogP contribution in [0.25, 0.3) is 10.2 Å². The fraction of sp³-hybridized carbons (Fsp3) is 0.562. The second kappa shape index (κ2) is 6.80. The van der Waals surface area contributed by atoms with Crippen LogP contribution < -0.4 is 10.9 Å². The van der Waals surface area contributed by atoms with Crippen molar-refractivity contribution in [3.8, 4) is 0 Å². The highest BCUT2D eigenvalue weighted by molar-refractivity contribution is 7.20. The number of aromatic nitrogens is 2. The van der Waals surface area contributed by atoms with Crippen molar-refractivity contribution >= 4 is 27.5 Å². The zero-order valence-electron chi connectivity index (χ0n) is 13.4. The molecule has 7 heteroatoms. The molecule has 1 saturated carbocycles. The first kappa shape index (κ1) is 16.1. The molecule has 0 aromatic carbocycles. The maximum Gasteiger partial charge on any atom is 0.348 e. The highest BCUT2D eigenvalue weighted by Crippen LogP contribution is 2.27. The third kappa shape index (κ3) is 3.30. The predicted molar refractivity (Wildman–Crippen MR) is 90.0 cm³/mol. The van der Waals surface area contributed by atoms with Crippen LogP contribution >= 0.6 is 11.3 Å². The normalized spacial score (nSPS) is 15.9. The van der Waals surface area contributed by atoms with Crippen molar-refractivity contribution in [1.82, 2.24) is 15.3 Å². The number of thiophene rings is 1. The quantitative estimate of drug-likeness (QED) is 0.839. The van der Waals surface area contributed by atoms with Crippen LogP contribution in [0.15, 0.2) is 4.79 Å². The number of H-pyrrole nitrogens is 1.